The monoisotopic (exact) mass is 394 g/mol. The highest BCUT2D eigenvalue weighted by Crippen LogP contribution is 2.28. The number of hydrogen-bond donors (Lipinski definition) is 0. The van der Waals surface area contributed by atoms with Gasteiger partial charge in [0.15, 0.2) is 5.82 Å². The largest absolute Gasteiger partial charge is 0.444 e. The van der Waals surface area contributed by atoms with Crippen LogP contribution in [0.1, 0.15) is 19.8 Å². The molecule has 2 aromatic heterocycles. The van der Waals surface area contributed by atoms with Gasteiger partial charge in [0.25, 0.3) is 0 Å². The van der Waals surface area contributed by atoms with E-state index in [0.29, 0.717) is 24.2 Å². The molecule has 4 rings (SSSR count). The molecule has 0 aliphatic carbocycles. The van der Waals surface area contributed by atoms with Gasteiger partial charge in [0.2, 0.25) is 0 Å². The molecular formula is C21H19FN4O3. The van der Waals surface area contributed by atoms with Gasteiger partial charge in [-0.2, -0.15) is 5.10 Å². The van der Waals surface area contributed by atoms with E-state index < -0.39 is 11.9 Å². The zero-order chi connectivity index (χ0) is 20.4. The van der Waals surface area contributed by atoms with E-state index in [0.717, 1.165) is 5.56 Å². The molecule has 1 atom stereocenters. The first-order valence-corrected chi connectivity index (χ1v) is 9.25. The Morgan fingerprint density at radius 1 is 1.28 bits per heavy atom. The first kappa shape index (κ1) is 18.8. The SMILES string of the molecule is CC(=O)CC[C@H]1CN(c2ccc(-n3nccc3-c3cccnc3)c(F)c2)C(=O)O1. The third kappa shape index (κ3) is 3.87. The number of Topliss-reactive ketones (excluding diaryl/α,β-unsaturated/α-hetero) is 1. The molecule has 29 heavy (non-hydrogen) atoms. The van der Waals surface area contributed by atoms with Gasteiger partial charge in [0, 0.05) is 24.4 Å². The van der Waals surface area contributed by atoms with Crippen LogP contribution in [0.5, 0.6) is 0 Å². The second-order valence-corrected chi connectivity index (χ2v) is 6.86. The molecule has 1 saturated heterocycles. The van der Waals surface area contributed by atoms with E-state index in [4.69, 9.17) is 4.74 Å². The molecular weight excluding hydrogens is 375 g/mol. The summed E-state index contributed by atoms with van der Waals surface area (Å²) in [7, 11) is 0. The Balaban J connectivity index is 1.58. The van der Waals surface area contributed by atoms with Crippen molar-refractivity contribution in [3.05, 3.63) is 60.8 Å². The fourth-order valence-electron chi connectivity index (χ4n) is 3.31. The van der Waals surface area contributed by atoms with Crippen LogP contribution in [0.15, 0.2) is 55.0 Å². The maximum atomic E-state index is 14.9. The summed E-state index contributed by atoms with van der Waals surface area (Å²) in [5, 5.41) is 4.23. The topological polar surface area (TPSA) is 77.3 Å². The van der Waals surface area contributed by atoms with Gasteiger partial charge in [0.1, 0.15) is 17.6 Å². The zero-order valence-corrected chi connectivity index (χ0v) is 15.8. The van der Waals surface area contributed by atoms with Crippen LogP contribution in [-0.4, -0.2) is 39.3 Å². The van der Waals surface area contributed by atoms with E-state index in [2.05, 4.69) is 10.1 Å². The lowest BCUT2D eigenvalue weighted by Crippen LogP contribution is -2.24. The molecule has 1 aliphatic heterocycles. The fourth-order valence-corrected chi connectivity index (χ4v) is 3.31. The van der Waals surface area contributed by atoms with Crippen molar-refractivity contribution in [1.82, 2.24) is 14.8 Å². The highest BCUT2D eigenvalue weighted by molar-refractivity contribution is 5.90. The Bertz CT molecular complexity index is 1050. The minimum absolute atomic E-state index is 0.0403. The van der Waals surface area contributed by atoms with Crippen LogP contribution in [0, 0.1) is 5.82 Å². The third-order valence-corrected chi connectivity index (χ3v) is 4.76. The summed E-state index contributed by atoms with van der Waals surface area (Å²) in [6.07, 6.45) is 4.82. The average Bonchev–Trinajstić information content (AvgIpc) is 3.33. The fraction of sp³-hybridized carbons (Fsp3) is 0.238. The average molecular weight is 394 g/mol. The van der Waals surface area contributed by atoms with Crippen molar-refractivity contribution in [2.45, 2.75) is 25.9 Å². The molecule has 3 aromatic rings. The van der Waals surface area contributed by atoms with Gasteiger partial charge < -0.3 is 9.53 Å². The van der Waals surface area contributed by atoms with Gasteiger partial charge in [-0.3, -0.25) is 9.88 Å². The lowest BCUT2D eigenvalue weighted by atomic mass is 10.1. The van der Waals surface area contributed by atoms with Gasteiger partial charge in [-0.1, -0.05) is 0 Å². The molecule has 1 aliphatic rings. The molecule has 0 bridgehead atoms. The van der Waals surface area contributed by atoms with Gasteiger partial charge in [-0.05, 0) is 49.7 Å². The molecule has 8 heteroatoms. The number of aromatic nitrogens is 3. The number of halogens is 1. The summed E-state index contributed by atoms with van der Waals surface area (Å²) in [5.74, 6) is -0.477. The standard InChI is InChI=1S/C21H19FN4O3/c1-14(27)4-6-17-13-25(21(28)29-17)16-5-7-20(18(22)11-16)26-19(8-10-24-26)15-3-2-9-23-12-15/h2-3,5,7-12,17H,4,6,13H2,1H3/t17-/m0/s1. The maximum Gasteiger partial charge on any atom is 0.414 e. The maximum absolute atomic E-state index is 14.9. The summed E-state index contributed by atoms with van der Waals surface area (Å²) in [6.45, 7) is 1.78. The van der Waals surface area contributed by atoms with Crippen molar-refractivity contribution >= 4 is 17.6 Å². The minimum Gasteiger partial charge on any atom is -0.444 e. The molecule has 1 amide bonds. The van der Waals surface area contributed by atoms with Gasteiger partial charge in [0.05, 0.1) is 24.1 Å². The number of hydrogen-bond acceptors (Lipinski definition) is 5. The number of nitrogens with zero attached hydrogens (tertiary/aromatic N) is 4. The Morgan fingerprint density at radius 2 is 2.14 bits per heavy atom. The number of anilines is 1. The normalized spacial score (nSPS) is 16.1. The molecule has 0 spiro atoms. The number of carbonyl (C=O) groups excluding carboxylic acids is 2. The van der Waals surface area contributed by atoms with E-state index in [1.165, 1.54) is 22.6 Å². The van der Waals surface area contributed by atoms with Gasteiger partial charge >= 0.3 is 6.09 Å². The van der Waals surface area contributed by atoms with Gasteiger partial charge in [-0.25, -0.2) is 13.9 Å². The Kier molecular flexibility index (Phi) is 5.07. The van der Waals surface area contributed by atoms with Crippen molar-refractivity contribution in [3.8, 4) is 16.9 Å². The molecule has 0 N–H and O–H groups in total. The second kappa shape index (κ2) is 7.83. The lowest BCUT2D eigenvalue weighted by molar-refractivity contribution is -0.117. The van der Waals surface area contributed by atoms with E-state index in [-0.39, 0.29) is 24.1 Å². The second-order valence-electron chi connectivity index (χ2n) is 6.86. The zero-order valence-electron chi connectivity index (χ0n) is 15.8. The number of carbonyl (C=O) groups is 2. The molecule has 148 valence electrons. The van der Waals surface area contributed by atoms with Crippen molar-refractivity contribution in [2.24, 2.45) is 0 Å². The highest BCUT2D eigenvalue weighted by atomic mass is 19.1. The Morgan fingerprint density at radius 3 is 2.86 bits per heavy atom. The summed E-state index contributed by atoms with van der Waals surface area (Å²) in [5.41, 5.74) is 2.18. The van der Waals surface area contributed by atoms with E-state index in [1.807, 2.05) is 6.07 Å². The molecule has 0 radical (unpaired) electrons. The highest BCUT2D eigenvalue weighted by Gasteiger charge is 2.32. The summed E-state index contributed by atoms with van der Waals surface area (Å²) >= 11 is 0. The van der Waals surface area contributed by atoms with Crippen LogP contribution >= 0.6 is 0 Å². The number of amides is 1. The molecule has 0 unspecified atom stereocenters. The van der Waals surface area contributed by atoms with E-state index in [1.54, 1.807) is 42.9 Å². The first-order valence-electron chi connectivity index (χ1n) is 9.25. The summed E-state index contributed by atoms with van der Waals surface area (Å²) < 4.78 is 21.7. The van der Waals surface area contributed by atoms with Gasteiger partial charge in [-0.15, -0.1) is 0 Å². The van der Waals surface area contributed by atoms with Crippen molar-refractivity contribution in [1.29, 1.82) is 0 Å². The number of pyridine rings is 1. The predicted molar refractivity (Wildman–Crippen MR) is 104 cm³/mol. The molecule has 7 nitrogen and oxygen atoms in total. The predicted octanol–water partition coefficient (Wildman–Crippen LogP) is 3.77. The quantitative estimate of drug-likeness (QED) is 0.636. The van der Waals surface area contributed by atoms with E-state index >= 15 is 0 Å². The van der Waals surface area contributed by atoms with Crippen molar-refractivity contribution in [2.75, 3.05) is 11.4 Å². The number of ketones is 1. The first-order chi connectivity index (χ1) is 14.0. The molecule has 3 heterocycles. The lowest BCUT2D eigenvalue weighted by Gasteiger charge is -2.15. The van der Waals surface area contributed by atoms with Crippen molar-refractivity contribution < 1.29 is 18.7 Å². The van der Waals surface area contributed by atoms with Crippen LogP contribution in [0.2, 0.25) is 0 Å². The van der Waals surface area contributed by atoms with Crippen LogP contribution in [0.25, 0.3) is 16.9 Å². The van der Waals surface area contributed by atoms with Crippen LogP contribution < -0.4 is 4.90 Å². The third-order valence-electron chi connectivity index (χ3n) is 4.76. The van der Waals surface area contributed by atoms with E-state index in [9.17, 15) is 14.0 Å². The number of rotatable bonds is 6. The van der Waals surface area contributed by atoms with Crippen LogP contribution in [0.3, 0.4) is 0 Å². The minimum atomic E-state index is -0.541. The number of ether oxygens (including phenoxy) is 1. The summed E-state index contributed by atoms with van der Waals surface area (Å²) in [6, 6.07) is 9.97. The van der Waals surface area contributed by atoms with Crippen LogP contribution in [0.4, 0.5) is 14.9 Å². The molecule has 1 aromatic carbocycles. The molecule has 1 fully saturated rings. The Hall–Kier alpha value is -3.55. The number of benzene rings is 1. The number of cyclic esters (lactones) is 1. The summed E-state index contributed by atoms with van der Waals surface area (Å²) in [4.78, 5) is 28.8. The van der Waals surface area contributed by atoms with Crippen molar-refractivity contribution in [3.63, 3.8) is 0 Å². The smallest absolute Gasteiger partial charge is 0.414 e. The molecule has 0 saturated carbocycles. The van der Waals surface area contributed by atoms with Crippen LogP contribution in [-0.2, 0) is 9.53 Å². The Labute approximate surface area is 166 Å².